The average molecular weight is 500 g/mol. The van der Waals surface area contributed by atoms with Gasteiger partial charge in [-0.2, -0.15) is 20.1 Å². The van der Waals surface area contributed by atoms with Gasteiger partial charge in [-0.3, -0.25) is 5.43 Å². The van der Waals surface area contributed by atoms with Gasteiger partial charge in [0, 0.05) is 56.0 Å². The minimum Gasteiger partial charge on any atom is -0.375 e. The van der Waals surface area contributed by atoms with Crippen molar-refractivity contribution >= 4 is 47.1 Å². The minimum atomic E-state index is -0.0514. The molecule has 0 saturated carbocycles. The summed E-state index contributed by atoms with van der Waals surface area (Å²) >= 11 is 4.73. The lowest BCUT2D eigenvalue weighted by Gasteiger charge is -2.37. The summed E-state index contributed by atoms with van der Waals surface area (Å²) in [6.07, 6.45) is 3.14. The Morgan fingerprint density at radius 2 is 1.34 bits per heavy atom. The predicted molar refractivity (Wildman–Crippen MR) is 143 cm³/mol. The van der Waals surface area contributed by atoms with Crippen LogP contribution in [0, 0.1) is 0 Å². The highest BCUT2D eigenvalue weighted by Gasteiger charge is 2.28. The van der Waals surface area contributed by atoms with Crippen molar-refractivity contribution in [2.24, 2.45) is 33.8 Å². The van der Waals surface area contributed by atoms with Crippen molar-refractivity contribution in [3.05, 3.63) is 29.8 Å². The van der Waals surface area contributed by atoms with Crippen LogP contribution in [0.2, 0.25) is 0 Å². The Hall–Kier alpha value is -3.17. The third-order valence-corrected chi connectivity index (χ3v) is 5.85. The largest absolute Gasteiger partial charge is 0.375 e. The van der Waals surface area contributed by atoms with E-state index >= 15 is 0 Å². The highest BCUT2D eigenvalue weighted by atomic mass is 32.1. The maximum absolute atomic E-state index is 6.22. The zero-order valence-electron chi connectivity index (χ0n) is 19.4. The fourth-order valence-corrected chi connectivity index (χ4v) is 4.38. The Morgan fingerprint density at radius 1 is 0.857 bits per heavy atom. The summed E-state index contributed by atoms with van der Waals surface area (Å²) in [6, 6.07) is 7.36. The summed E-state index contributed by atoms with van der Waals surface area (Å²) in [6.45, 7) is 2.46. The van der Waals surface area contributed by atoms with Gasteiger partial charge in [-0.15, -0.1) is 0 Å². The highest BCUT2D eigenvalue weighted by molar-refractivity contribution is 7.80. The number of anilines is 4. The maximum Gasteiger partial charge on any atom is 0.233 e. The smallest absolute Gasteiger partial charge is 0.233 e. The number of nitrogens with one attached hydrogen (secondary N) is 2. The lowest BCUT2D eigenvalue weighted by Crippen LogP contribution is -2.54. The molecule has 4 rings (SSSR count). The Kier molecular flexibility index (Phi) is 7.87. The first-order chi connectivity index (χ1) is 16.7. The van der Waals surface area contributed by atoms with Gasteiger partial charge in [-0.1, -0.05) is 12.1 Å². The molecule has 0 bridgehead atoms. The monoisotopic (exact) mass is 499 g/mol. The van der Waals surface area contributed by atoms with E-state index in [4.69, 9.17) is 45.9 Å². The third kappa shape index (κ3) is 6.93. The van der Waals surface area contributed by atoms with Crippen molar-refractivity contribution in [1.82, 2.24) is 20.4 Å². The van der Waals surface area contributed by atoms with Gasteiger partial charge in [0.05, 0.1) is 6.21 Å². The quantitative estimate of drug-likeness (QED) is 0.137. The van der Waals surface area contributed by atoms with Crippen LogP contribution in [0.3, 0.4) is 0 Å². The van der Waals surface area contributed by atoms with Crippen LogP contribution < -0.4 is 49.2 Å². The van der Waals surface area contributed by atoms with Gasteiger partial charge in [0.1, 0.15) is 0 Å². The molecular weight excluding hydrogens is 466 g/mol. The summed E-state index contributed by atoms with van der Waals surface area (Å²) in [7, 11) is 0. The fraction of sp³-hybridized carbons (Fsp3) is 0.476. The maximum atomic E-state index is 6.22. The van der Waals surface area contributed by atoms with E-state index in [1.807, 2.05) is 34.1 Å². The highest BCUT2D eigenvalue weighted by Crippen LogP contribution is 2.23. The third-order valence-electron chi connectivity index (χ3n) is 5.76. The Balaban J connectivity index is 1.59. The fourth-order valence-electron chi connectivity index (χ4n) is 4.33. The van der Waals surface area contributed by atoms with Gasteiger partial charge in [0.2, 0.25) is 17.8 Å². The van der Waals surface area contributed by atoms with Gasteiger partial charge in [-0.25, -0.2) is 0 Å². The van der Waals surface area contributed by atoms with Crippen LogP contribution in [0.1, 0.15) is 18.4 Å². The summed E-state index contributed by atoms with van der Waals surface area (Å²) in [4.78, 5) is 18.1. The van der Waals surface area contributed by atoms with E-state index in [1.54, 1.807) is 6.21 Å². The Labute approximate surface area is 209 Å². The van der Waals surface area contributed by atoms with Crippen molar-refractivity contribution < 1.29 is 0 Å². The van der Waals surface area contributed by atoms with Gasteiger partial charge < -0.3 is 43.8 Å². The van der Waals surface area contributed by atoms with E-state index in [9.17, 15) is 0 Å². The lowest BCUT2D eigenvalue weighted by atomic mass is 10.0. The molecule has 2 aromatic rings. The zero-order chi connectivity index (χ0) is 24.9. The zero-order valence-corrected chi connectivity index (χ0v) is 20.2. The average Bonchev–Trinajstić information content (AvgIpc) is 2.78. The van der Waals surface area contributed by atoms with Crippen molar-refractivity contribution in [3.8, 4) is 0 Å². The molecule has 35 heavy (non-hydrogen) atoms. The summed E-state index contributed by atoms with van der Waals surface area (Å²) < 4.78 is 0. The van der Waals surface area contributed by atoms with Crippen LogP contribution in [0.15, 0.2) is 29.4 Å². The number of hydrogen-bond donors (Lipinski definition) is 7. The SMILES string of the molecule is NC(=S)NN=Cc1ccc(Nc2nc(N3C[C@H](N)C[C@H](N)C3)nc(N3C[C@H](N)C[C@H](N)C3)n2)cc1. The molecule has 2 fully saturated rings. The first-order valence-electron chi connectivity index (χ1n) is 11.5. The number of rotatable bonds is 6. The van der Waals surface area contributed by atoms with Crippen LogP contribution in [-0.4, -0.2) is 76.6 Å². The van der Waals surface area contributed by atoms with Crippen molar-refractivity contribution in [2.45, 2.75) is 37.0 Å². The molecule has 3 heterocycles. The van der Waals surface area contributed by atoms with E-state index in [2.05, 4.69) is 25.8 Å². The number of hydrogen-bond acceptors (Lipinski definition) is 12. The molecule has 0 aliphatic carbocycles. The number of nitrogens with two attached hydrogens (primary N) is 5. The van der Waals surface area contributed by atoms with Crippen molar-refractivity contribution in [2.75, 3.05) is 41.3 Å². The van der Waals surface area contributed by atoms with Crippen LogP contribution in [0.5, 0.6) is 0 Å². The summed E-state index contributed by atoms with van der Waals surface area (Å²) in [5.74, 6) is 1.44. The molecule has 1 aromatic carbocycles. The summed E-state index contributed by atoms with van der Waals surface area (Å²) in [5, 5.41) is 7.33. The molecule has 13 nitrogen and oxygen atoms in total. The van der Waals surface area contributed by atoms with Crippen LogP contribution in [-0.2, 0) is 0 Å². The molecule has 1 aromatic heterocycles. The predicted octanol–water partition coefficient (Wildman–Crippen LogP) is -1.49. The number of benzene rings is 1. The first-order valence-corrected chi connectivity index (χ1v) is 11.9. The molecule has 2 aliphatic rings. The topological polar surface area (TPSA) is 212 Å². The standard InChI is InChI=1S/C21H33N13S/c22-13-5-14(23)9-33(8-13)20-29-19(30-21(31-20)34-10-15(24)6-16(25)11-34)28-17-3-1-12(2-4-17)7-27-32-18(26)35/h1-4,7,13-16H,5-6,8-11,22-25H2,(H3,26,32,35)(H,28,29,30,31)/t13-,14+,15-,16+. The molecular formula is C21H33N13S. The second kappa shape index (κ2) is 11.0. The van der Waals surface area contributed by atoms with E-state index in [-0.39, 0.29) is 29.3 Å². The van der Waals surface area contributed by atoms with Crippen molar-refractivity contribution in [3.63, 3.8) is 0 Å². The molecule has 0 radical (unpaired) electrons. The van der Waals surface area contributed by atoms with Gasteiger partial charge >= 0.3 is 0 Å². The van der Waals surface area contributed by atoms with E-state index < -0.39 is 0 Å². The van der Waals surface area contributed by atoms with Gasteiger partial charge in [-0.05, 0) is 42.8 Å². The first kappa shape index (κ1) is 24.9. The van der Waals surface area contributed by atoms with Crippen LogP contribution in [0.25, 0.3) is 0 Å². The summed E-state index contributed by atoms with van der Waals surface area (Å²) in [5.41, 5.74) is 34.4. The Bertz CT molecular complexity index is 982. The number of nitrogens with zero attached hydrogens (tertiary/aromatic N) is 6. The normalized spacial score (nSPS) is 25.0. The molecule has 0 unspecified atom stereocenters. The molecule has 12 N–H and O–H groups in total. The van der Waals surface area contributed by atoms with Crippen LogP contribution >= 0.6 is 12.2 Å². The van der Waals surface area contributed by atoms with E-state index in [1.165, 1.54) is 0 Å². The number of hydrazone groups is 1. The van der Waals surface area contributed by atoms with E-state index in [0.717, 1.165) is 24.1 Å². The van der Waals surface area contributed by atoms with Gasteiger partial charge in [0.25, 0.3) is 0 Å². The molecule has 14 heteroatoms. The number of aromatic nitrogens is 3. The molecule has 4 atom stereocenters. The minimum absolute atomic E-state index is 0.0514. The number of piperidine rings is 2. The second-order valence-electron chi connectivity index (χ2n) is 9.06. The van der Waals surface area contributed by atoms with Crippen LogP contribution in [0.4, 0.5) is 23.5 Å². The lowest BCUT2D eigenvalue weighted by molar-refractivity contribution is 0.441. The second-order valence-corrected chi connectivity index (χ2v) is 9.50. The molecule has 188 valence electrons. The molecule has 0 spiro atoms. The molecule has 2 aliphatic heterocycles. The molecule has 2 saturated heterocycles. The van der Waals surface area contributed by atoms with Gasteiger partial charge in [0.15, 0.2) is 5.11 Å². The van der Waals surface area contributed by atoms with Crippen molar-refractivity contribution in [1.29, 1.82) is 0 Å². The Morgan fingerprint density at radius 3 is 1.80 bits per heavy atom. The van der Waals surface area contributed by atoms with E-state index in [0.29, 0.717) is 44.0 Å². The molecule has 0 amide bonds. The number of thiocarbonyl (C=S) groups is 1.